The Kier molecular flexibility index (Phi) is 6.25. The molecule has 2 aliphatic rings. The van der Waals surface area contributed by atoms with Gasteiger partial charge in [0.25, 0.3) is 5.91 Å². The second-order valence-electron chi connectivity index (χ2n) is 8.43. The minimum Gasteiger partial charge on any atom is -0.339 e. The first-order valence-electron chi connectivity index (χ1n) is 10.9. The first kappa shape index (κ1) is 21.7. The maximum atomic E-state index is 12.9. The number of hydrogen-bond acceptors (Lipinski definition) is 4. The second-order valence-corrected chi connectivity index (χ2v) is 10.4. The van der Waals surface area contributed by atoms with Crippen molar-refractivity contribution < 1.29 is 18.0 Å². The molecule has 164 valence electrons. The molecular weight excluding hydrogens is 412 g/mol. The molecular formula is C24H28N2O4S. The molecule has 0 unspecified atom stereocenters. The number of benzene rings is 2. The van der Waals surface area contributed by atoms with Crippen molar-refractivity contribution in [3.05, 3.63) is 65.2 Å². The van der Waals surface area contributed by atoms with Gasteiger partial charge in [-0.05, 0) is 56.9 Å². The maximum absolute atomic E-state index is 12.9. The van der Waals surface area contributed by atoms with Crippen LogP contribution in [0.1, 0.15) is 52.0 Å². The molecule has 2 aromatic rings. The number of hydrogen-bond donors (Lipinski definition) is 0. The Bertz CT molecular complexity index is 1050. The van der Waals surface area contributed by atoms with E-state index in [0.29, 0.717) is 44.6 Å². The van der Waals surface area contributed by atoms with Crippen LogP contribution >= 0.6 is 0 Å². The quantitative estimate of drug-likeness (QED) is 0.667. The lowest BCUT2D eigenvalue weighted by molar-refractivity contribution is 0.0650. The zero-order valence-corrected chi connectivity index (χ0v) is 18.6. The number of aryl methyl sites for hydroxylation is 1. The molecule has 31 heavy (non-hydrogen) atoms. The second kappa shape index (κ2) is 8.93. The summed E-state index contributed by atoms with van der Waals surface area (Å²) in [5.41, 5.74) is 2.32. The van der Waals surface area contributed by atoms with Gasteiger partial charge in [-0.25, -0.2) is 8.42 Å². The monoisotopic (exact) mass is 440 g/mol. The molecule has 2 heterocycles. The van der Waals surface area contributed by atoms with Gasteiger partial charge in [0.2, 0.25) is 10.0 Å². The molecule has 0 radical (unpaired) electrons. The van der Waals surface area contributed by atoms with Crippen LogP contribution in [0.3, 0.4) is 0 Å². The Balaban J connectivity index is 1.37. The Morgan fingerprint density at radius 1 is 0.806 bits per heavy atom. The van der Waals surface area contributed by atoms with Crippen molar-refractivity contribution in [2.75, 3.05) is 26.2 Å². The summed E-state index contributed by atoms with van der Waals surface area (Å²) in [5, 5.41) is 0. The summed E-state index contributed by atoms with van der Waals surface area (Å²) < 4.78 is 26.8. The normalized spacial score (nSPS) is 18.3. The van der Waals surface area contributed by atoms with E-state index in [1.165, 1.54) is 16.4 Å². The van der Waals surface area contributed by atoms with E-state index < -0.39 is 10.0 Å². The van der Waals surface area contributed by atoms with Crippen molar-refractivity contribution in [3.8, 4) is 0 Å². The van der Waals surface area contributed by atoms with Gasteiger partial charge in [-0.2, -0.15) is 4.31 Å². The SMILES string of the molecule is Cc1ccc(C(=O)C2CCN(C(=O)c3ccc(S(=O)(=O)N4CCCC4)cc3)CC2)cc1. The van der Waals surface area contributed by atoms with Crippen LogP contribution in [0.4, 0.5) is 0 Å². The van der Waals surface area contributed by atoms with Crippen LogP contribution in [0, 0.1) is 12.8 Å². The van der Waals surface area contributed by atoms with Gasteiger partial charge in [-0.1, -0.05) is 29.8 Å². The molecule has 0 N–H and O–H groups in total. The Hall–Kier alpha value is -2.51. The van der Waals surface area contributed by atoms with Crippen LogP contribution < -0.4 is 0 Å². The Morgan fingerprint density at radius 2 is 1.35 bits per heavy atom. The molecule has 0 spiro atoms. The Morgan fingerprint density at radius 3 is 1.94 bits per heavy atom. The van der Waals surface area contributed by atoms with Crippen molar-refractivity contribution in [1.29, 1.82) is 0 Å². The van der Waals surface area contributed by atoms with E-state index in [1.807, 2.05) is 31.2 Å². The first-order chi connectivity index (χ1) is 14.9. The van der Waals surface area contributed by atoms with E-state index in [9.17, 15) is 18.0 Å². The van der Waals surface area contributed by atoms with Gasteiger partial charge in [-0.3, -0.25) is 9.59 Å². The highest BCUT2D eigenvalue weighted by molar-refractivity contribution is 7.89. The summed E-state index contributed by atoms with van der Waals surface area (Å²) in [5.74, 6) is -0.0466. The summed E-state index contributed by atoms with van der Waals surface area (Å²) in [6.07, 6.45) is 3.05. The number of ketones is 1. The van der Waals surface area contributed by atoms with E-state index in [4.69, 9.17) is 0 Å². The number of rotatable bonds is 5. The maximum Gasteiger partial charge on any atom is 0.253 e. The summed E-state index contributed by atoms with van der Waals surface area (Å²) in [4.78, 5) is 27.6. The summed E-state index contributed by atoms with van der Waals surface area (Å²) in [6.45, 7) is 4.15. The largest absolute Gasteiger partial charge is 0.339 e. The lowest BCUT2D eigenvalue weighted by Crippen LogP contribution is -2.40. The molecule has 2 aromatic carbocycles. The average molecular weight is 441 g/mol. The van der Waals surface area contributed by atoms with E-state index in [2.05, 4.69) is 0 Å². The summed E-state index contributed by atoms with van der Waals surface area (Å²) in [7, 11) is -3.48. The molecule has 6 nitrogen and oxygen atoms in total. The first-order valence-corrected chi connectivity index (χ1v) is 12.3. The molecule has 1 amide bonds. The number of carbonyl (C=O) groups excluding carboxylic acids is 2. The summed E-state index contributed by atoms with van der Waals surface area (Å²) >= 11 is 0. The van der Waals surface area contributed by atoms with Crippen molar-refractivity contribution in [1.82, 2.24) is 9.21 Å². The van der Waals surface area contributed by atoms with E-state index in [0.717, 1.165) is 24.0 Å². The number of Topliss-reactive ketones (excluding diaryl/α,β-unsaturated/α-hetero) is 1. The smallest absolute Gasteiger partial charge is 0.253 e. The number of nitrogens with zero attached hydrogens (tertiary/aromatic N) is 2. The lowest BCUT2D eigenvalue weighted by Gasteiger charge is -2.31. The van der Waals surface area contributed by atoms with Crippen LogP contribution in [0.15, 0.2) is 53.4 Å². The molecule has 0 atom stereocenters. The molecule has 0 bridgehead atoms. The fourth-order valence-corrected chi connectivity index (χ4v) is 5.84. The van der Waals surface area contributed by atoms with Crippen LogP contribution in [0.5, 0.6) is 0 Å². The third-order valence-electron chi connectivity index (χ3n) is 6.29. The highest BCUT2D eigenvalue weighted by Crippen LogP contribution is 2.25. The van der Waals surface area contributed by atoms with Crippen molar-refractivity contribution >= 4 is 21.7 Å². The van der Waals surface area contributed by atoms with Gasteiger partial charge < -0.3 is 4.90 Å². The topological polar surface area (TPSA) is 74.8 Å². The molecule has 4 rings (SSSR count). The molecule has 7 heteroatoms. The van der Waals surface area contributed by atoms with E-state index in [1.54, 1.807) is 17.0 Å². The highest BCUT2D eigenvalue weighted by Gasteiger charge is 2.30. The van der Waals surface area contributed by atoms with Crippen molar-refractivity contribution in [2.24, 2.45) is 5.92 Å². The van der Waals surface area contributed by atoms with Crippen LogP contribution in [0.2, 0.25) is 0 Å². The van der Waals surface area contributed by atoms with Gasteiger partial charge in [0, 0.05) is 43.2 Å². The molecule has 0 saturated carbocycles. The molecule has 2 aliphatic heterocycles. The van der Waals surface area contributed by atoms with Gasteiger partial charge in [0.15, 0.2) is 5.78 Å². The molecule has 0 aromatic heterocycles. The highest BCUT2D eigenvalue weighted by atomic mass is 32.2. The van der Waals surface area contributed by atoms with Crippen LogP contribution in [-0.4, -0.2) is 55.5 Å². The standard InChI is InChI=1S/C24H28N2O4S/c1-18-4-6-19(7-5-18)23(27)20-12-16-25(17-13-20)24(28)21-8-10-22(11-9-21)31(29,30)26-14-2-3-15-26/h4-11,20H,2-3,12-17H2,1H3. The number of amides is 1. The number of piperidine rings is 1. The lowest BCUT2D eigenvalue weighted by atomic mass is 9.88. The van der Waals surface area contributed by atoms with Gasteiger partial charge >= 0.3 is 0 Å². The third kappa shape index (κ3) is 4.57. The predicted molar refractivity (Wildman–Crippen MR) is 119 cm³/mol. The fraction of sp³-hybridized carbons (Fsp3) is 0.417. The third-order valence-corrected chi connectivity index (χ3v) is 8.21. The van der Waals surface area contributed by atoms with E-state index in [-0.39, 0.29) is 22.5 Å². The number of carbonyl (C=O) groups is 2. The molecule has 2 saturated heterocycles. The minimum absolute atomic E-state index is 0.0697. The number of likely N-dealkylation sites (tertiary alicyclic amines) is 1. The van der Waals surface area contributed by atoms with Crippen molar-refractivity contribution in [2.45, 2.75) is 37.5 Å². The molecule has 2 fully saturated rings. The van der Waals surface area contributed by atoms with Gasteiger partial charge in [-0.15, -0.1) is 0 Å². The van der Waals surface area contributed by atoms with Crippen molar-refractivity contribution in [3.63, 3.8) is 0 Å². The molecule has 0 aliphatic carbocycles. The fourth-order valence-electron chi connectivity index (χ4n) is 4.33. The average Bonchev–Trinajstić information content (AvgIpc) is 3.35. The zero-order valence-electron chi connectivity index (χ0n) is 17.8. The Labute approximate surface area is 183 Å². The zero-order chi connectivity index (χ0) is 22.0. The number of sulfonamides is 1. The predicted octanol–water partition coefficient (Wildman–Crippen LogP) is 3.51. The van der Waals surface area contributed by atoms with Gasteiger partial charge in [0.1, 0.15) is 0 Å². The van der Waals surface area contributed by atoms with Gasteiger partial charge in [0.05, 0.1) is 4.90 Å². The van der Waals surface area contributed by atoms with Crippen LogP contribution in [-0.2, 0) is 10.0 Å². The van der Waals surface area contributed by atoms with Crippen LogP contribution in [0.25, 0.3) is 0 Å². The van der Waals surface area contributed by atoms with E-state index >= 15 is 0 Å². The summed E-state index contributed by atoms with van der Waals surface area (Å²) in [6, 6.07) is 13.9. The minimum atomic E-state index is -3.48.